The first-order valence-corrected chi connectivity index (χ1v) is 8.20. The van der Waals surface area contributed by atoms with Crippen LogP contribution >= 0.6 is 0 Å². The van der Waals surface area contributed by atoms with E-state index in [0.29, 0.717) is 37.9 Å². The van der Waals surface area contributed by atoms with E-state index in [1.165, 1.54) is 0 Å². The van der Waals surface area contributed by atoms with Crippen LogP contribution in [-0.4, -0.2) is 75.1 Å². The Kier molecular flexibility index (Phi) is 6.46. The summed E-state index contributed by atoms with van der Waals surface area (Å²) in [4.78, 5) is 26.8. The predicted molar refractivity (Wildman–Crippen MR) is 88.1 cm³/mol. The van der Waals surface area contributed by atoms with Crippen LogP contribution in [0.1, 0.15) is 35.2 Å². The van der Waals surface area contributed by atoms with Crippen LogP contribution in [0.2, 0.25) is 0 Å². The van der Waals surface area contributed by atoms with Gasteiger partial charge in [0.15, 0.2) is 0 Å². The van der Waals surface area contributed by atoms with Gasteiger partial charge in [-0.3, -0.25) is 14.6 Å². The largest absolute Gasteiger partial charge is 0.483 e. The molecule has 8 nitrogen and oxygen atoms in total. The lowest BCUT2D eigenvalue weighted by atomic mass is 9.82. The molecule has 2 aliphatic rings. The van der Waals surface area contributed by atoms with Crippen molar-refractivity contribution in [2.75, 3.05) is 19.7 Å². The smallest absolute Gasteiger partial charge is 0.290 e. The lowest BCUT2D eigenvalue weighted by Crippen LogP contribution is -2.55. The molecular formula is C17H24N2O6. The molecule has 0 bridgehead atoms. The van der Waals surface area contributed by atoms with Gasteiger partial charge in [-0.15, -0.1) is 0 Å². The maximum absolute atomic E-state index is 12.6. The van der Waals surface area contributed by atoms with Crippen molar-refractivity contribution in [2.45, 2.75) is 44.0 Å². The fraction of sp³-hybridized carbons (Fsp3) is 0.588. The van der Waals surface area contributed by atoms with E-state index in [4.69, 9.17) is 14.6 Å². The minimum atomic E-state index is -0.802. The van der Waals surface area contributed by atoms with Crippen molar-refractivity contribution in [1.29, 1.82) is 0 Å². The highest BCUT2D eigenvalue weighted by Gasteiger charge is 2.43. The molecule has 0 saturated carbocycles. The molecule has 138 valence electrons. The number of aliphatic hydroxyl groups excluding tert-OH is 2. The van der Waals surface area contributed by atoms with E-state index < -0.39 is 17.8 Å². The number of aromatic nitrogens is 1. The zero-order valence-electron chi connectivity index (χ0n) is 14.2. The zero-order valence-corrected chi connectivity index (χ0v) is 14.2. The van der Waals surface area contributed by atoms with E-state index in [1.54, 1.807) is 12.4 Å². The maximum atomic E-state index is 12.6. The summed E-state index contributed by atoms with van der Waals surface area (Å²) in [7, 11) is 0. The average molecular weight is 352 g/mol. The first kappa shape index (κ1) is 19.3. The van der Waals surface area contributed by atoms with Gasteiger partial charge in [0.25, 0.3) is 12.4 Å². The van der Waals surface area contributed by atoms with Crippen LogP contribution in [-0.2, 0) is 9.53 Å². The number of aryl methyl sites for hydroxylation is 1. The van der Waals surface area contributed by atoms with Gasteiger partial charge < -0.3 is 25.0 Å². The van der Waals surface area contributed by atoms with E-state index in [9.17, 15) is 15.0 Å². The number of hydrogen-bond donors (Lipinski definition) is 3. The van der Waals surface area contributed by atoms with Crippen molar-refractivity contribution in [1.82, 2.24) is 9.88 Å². The standard InChI is InChI=1S/C16H22N2O4.CH2O2/c1-11-2-5-17-9-12(11)15(21)18-6-3-16(4-7-18)8-13(19)14(20)10-22-16;2-1-3/h2,5,9,13-14,19-20H,3-4,6-8,10H2,1H3;1H,(H,2,3)/t13-,14+;/m1./s1. The molecule has 1 spiro atoms. The molecule has 1 aromatic heterocycles. The molecule has 1 aromatic rings. The Hall–Kier alpha value is -2.03. The number of ether oxygens (including phenoxy) is 1. The second kappa shape index (κ2) is 8.37. The van der Waals surface area contributed by atoms with Gasteiger partial charge in [0.05, 0.1) is 23.9 Å². The number of aliphatic hydroxyl groups is 2. The van der Waals surface area contributed by atoms with Crippen LogP contribution in [0.25, 0.3) is 0 Å². The Morgan fingerprint density at radius 3 is 2.56 bits per heavy atom. The molecule has 0 unspecified atom stereocenters. The third kappa shape index (κ3) is 4.53. The Labute approximate surface area is 146 Å². The molecule has 0 aromatic carbocycles. The molecule has 0 aliphatic carbocycles. The van der Waals surface area contributed by atoms with Gasteiger partial charge in [-0.1, -0.05) is 0 Å². The van der Waals surface area contributed by atoms with Crippen LogP contribution in [0.5, 0.6) is 0 Å². The van der Waals surface area contributed by atoms with E-state index >= 15 is 0 Å². The quantitative estimate of drug-likeness (QED) is 0.618. The molecule has 3 heterocycles. The lowest BCUT2D eigenvalue weighted by Gasteiger charge is -2.46. The third-order valence-corrected chi connectivity index (χ3v) is 4.82. The highest BCUT2D eigenvalue weighted by atomic mass is 16.5. The highest BCUT2D eigenvalue weighted by Crippen LogP contribution is 2.35. The molecule has 8 heteroatoms. The molecule has 0 radical (unpaired) electrons. The van der Waals surface area contributed by atoms with Crippen molar-refractivity contribution in [2.24, 2.45) is 0 Å². The molecule has 2 atom stereocenters. The van der Waals surface area contributed by atoms with Crippen molar-refractivity contribution in [3.63, 3.8) is 0 Å². The van der Waals surface area contributed by atoms with Gasteiger partial charge >= 0.3 is 0 Å². The highest BCUT2D eigenvalue weighted by molar-refractivity contribution is 5.95. The molecule has 1 amide bonds. The summed E-state index contributed by atoms with van der Waals surface area (Å²) < 4.78 is 5.79. The van der Waals surface area contributed by atoms with E-state index in [0.717, 1.165) is 5.56 Å². The molecule has 25 heavy (non-hydrogen) atoms. The van der Waals surface area contributed by atoms with Gasteiger partial charge in [0, 0.05) is 31.9 Å². The molecule has 2 aliphatic heterocycles. The third-order valence-electron chi connectivity index (χ3n) is 4.82. The monoisotopic (exact) mass is 352 g/mol. The number of hydrogen-bond acceptors (Lipinski definition) is 6. The van der Waals surface area contributed by atoms with E-state index in [1.807, 2.05) is 17.9 Å². The summed E-state index contributed by atoms with van der Waals surface area (Å²) in [6, 6.07) is 1.83. The average Bonchev–Trinajstić information content (AvgIpc) is 2.60. The number of pyridine rings is 1. The molecular weight excluding hydrogens is 328 g/mol. The fourth-order valence-corrected chi connectivity index (χ4v) is 3.27. The maximum Gasteiger partial charge on any atom is 0.290 e. The van der Waals surface area contributed by atoms with Crippen molar-refractivity contribution in [3.05, 3.63) is 29.6 Å². The lowest BCUT2D eigenvalue weighted by molar-refractivity contribution is -0.185. The number of amides is 1. The molecule has 3 N–H and O–H groups in total. The van der Waals surface area contributed by atoms with Gasteiger partial charge in [-0.2, -0.15) is 0 Å². The summed E-state index contributed by atoms with van der Waals surface area (Å²) in [5.74, 6) is -0.00292. The summed E-state index contributed by atoms with van der Waals surface area (Å²) in [5.41, 5.74) is 1.16. The summed E-state index contributed by atoms with van der Waals surface area (Å²) >= 11 is 0. The topological polar surface area (TPSA) is 120 Å². The Morgan fingerprint density at radius 1 is 1.36 bits per heavy atom. The number of rotatable bonds is 1. The number of carbonyl (C=O) groups excluding carboxylic acids is 1. The van der Waals surface area contributed by atoms with Gasteiger partial charge in [0.2, 0.25) is 0 Å². The van der Waals surface area contributed by atoms with Crippen LogP contribution in [0.4, 0.5) is 0 Å². The van der Waals surface area contributed by atoms with Crippen LogP contribution < -0.4 is 0 Å². The first-order valence-electron chi connectivity index (χ1n) is 8.20. The van der Waals surface area contributed by atoms with Crippen LogP contribution in [0.3, 0.4) is 0 Å². The SMILES string of the molecule is Cc1ccncc1C(=O)N1CCC2(CC1)C[C@@H](O)[C@@H](O)CO2.O=CO. The Balaban J connectivity index is 0.000000701. The second-order valence-corrected chi connectivity index (χ2v) is 6.42. The van der Waals surface area contributed by atoms with Gasteiger partial charge in [0.1, 0.15) is 6.10 Å². The van der Waals surface area contributed by atoms with Crippen molar-refractivity contribution < 1.29 is 29.6 Å². The minimum Gasteiger partial charge on any atom is -0.483 e. The molecule has 2 fully saturated rings. The van der Waals surface area contributed by atoms with E-state index in [-0.39, 0.29) is 19.0 Å². The van der Waals surface area contributed by atoms with Crippen molar-refractivity contribution in [3.8, 4) is 0 Å². The number of piperidine rings is 1. The predicted octanol–water partition coefficient (Wildman–Crippen LogP) is 0.208. The Morgan fingerprint density at radius 2 is 2.00 bits per heavy atom. The molecule has 3 rings (SSSR count). The Bertz CT molecular complexity index is 601. The fourth-order valence-electron chi connectivity index (χ4n) is 3.27. The van der Waals surface area contributed by atoms with Crippen LogP contribution in [0.15, 0.2) is 18.5 Å². The number of likely N-dealkylation sites (tertiary alicyclic amines) is 1. The second-order valence-electron chi connectivity index (χ2n) is 6.42. The van der Waals surface area contributed by atoms with Gasteiger partial charge in [-0.25, -0.2) is 0 Å². The summed E-state index contributed by atoms with van der Waals surface area (Å²) in [5, 5.41) is 26.3. The van der Waals surface area contributed by atoms with Crippen LogP contribution in [0, 0.1) is 6.92 Å². The van der Waals surface area contributed by atoms with E-state index in [2.05, 4.69) is 4.98 Å². The number of carboxylic acid groups (broad SMARTS) is 1. The van der Waals surface area contributed by atoms with Gasteiger partial charge in [-0.05, 0) is 31.4 Å². The zero-order chi connectivity index (χ0) is 18.4. The summed E-state index contributed by atoms with van der Waals surface area (Å²) in [6.45, 7) is 3.01. The normalized spacial score (nSPS) is 25.0. The minimum absolute atomic E-state index is 0.00292. The van der Waals surface area contributed by atoms with Crippen molar-refractivity contribution >= 4 is 12.4 Å². The number of carbonyl (C=O) groups is 2. The summed E-state index contributed by atoms with van der Waals surface area (Å²) in [6.07, 6.45) is 3.55. The molecule has 2 saturated heterocycles. The number of nitrogens with zero attached hydrogens (tertiary/aromatic N) is 2. The first-order chi connectivity index (χ1) is 11.9.